The zero-order valence-corrected chi connectivity index (χ0v) is 79.8. The largest absolute Gasteiger partial charge is 0.378 e. The van der Waals surface area contributed by atoms with Gasteiger partial charge in [-0.25, -0.2) is 44.7 Å². The fourth-order valence-corrected chi connectivity index (χ4v) is 17.7. The summed E-state index contributed by atoms with van der Waals surface area (Å²) in [6.07, 6.45) is 37.3. The van der Waals surface area contributed by atoms with Crippen molar-refractivity contribution in [1.82, 2.24) is 145 Å². The monoisotopic (exact) mass is 1950 g/mol. The molecular formula is C110H89N33O5. The molecule has 724 valence electrons. The first-order valence-electron chi connectivity index (χ1n) is 47.9. The molecule has 0 unspecified atom stereocenters. The summed E-state index contributed by atoms with van der Waals surface area (Å²) < 4.78 is 5.33. The molecule has 38 nitrogen and oxygen atoms in total. The third kappa shape index (κ3) is 19.4. The number of benzene rings is 4. The van der Waals surface area contributed by atoms with Gasteiger partial charge in [0, 0.05) is 220 Å². The molecule has 0 radical (unpaired) electrons. The summed E-state index contributed by atoms with van der Waals surface area (Å²) in [6, 6.07) is 55.3. The number of ether oxygens (including phenoxy) is 1. The van der Waals surface area contributed by atoms with E-state index in [4.69, 9.17) is 24.7 Å². The number of rotatable bonds is 20. The van der Waals surface area contributed by atoms with E-state index >= 15 is 0 Å². The fraction of sp³-hybridized carbons (Fsp3) is 0.127. The van der Waals surface area contributed by atoms with Gasteiger partial charge in [0.1, 0.15) is 22.8 Å². The summed E-state index contributed by atoms with van der Waals surface area (Å²) in [4.78, 5) is 137. The number of carbonyl (C=O) groups excluding carboxylic acids is 4. The van der Waals surface area contributed by atoms with Crippen LogP contribution in [0.25, 0.3) is 223 Å². The normalized spacial score (nSPS) is 12.5. The lowest BCUT2D eigenvalue weighted by Crippen LogP contribution is -2.43. The predicted octanol–water partition coefficient (Wildman–Crippen LogP) is 20.3. The lowest BCUT2D eigenvalue weighted by Gasteiger charge is -2.26. The highest BCUT2D eigenvalue weighted by atomic mass is 16.5. The maximum atomic E-state index is 12.6. The zero-order chi connectivity index (χ0) is 100. The predicted molar refractivity (Wildman–Crippen MR) is 566 cm³/mol. The Labute approximate surface area is 840 Å². The molecule has 1 aliphatic carbocycles. The standard InChI is InChI=1S/C28H23N9O2.C28H24N8O.C27H20N8O.C27H22N8O/c38-28(37-7-9-39-10-8-37)32-20-11-18(14-30-16-20)19-12-22-25(35-36-26(22)31-15-19)27-33-23-5-1-4-21(24(23)34-27)17-3-2-6-29-13-17;1-16(2)9-24(37)32-20-10-18(13-30-15-20)19-11-22-26(35-36-27(22)31-14-19)28-33-23-7-3-6-21(25(23)34-28)17-5-4-8-29-12-17;36-27(15-6-7-15)31-19-9-17(12-29-14-19)18-10-21-24(34-35-25(21)30-13-18)26-32-22-5-1-4-20(23(22)33-26)16-3-2-8-28-11-16;1-15(2)27(36)31-19-9-17(12-29-14-19)18-10-21-24(34-35-25(21)30-13-18)26-32-22-7-3-6-20(23(22)33-26)16-5-4-8-28-11-16/h1-6,11-16H,7-10H2,(H,32,38)(H,33,34)(H,31,35,36);3-8,10-16H,9H2,1-2H3,(H,32,37)(H,33,34)(H,31,35,36);1-5,8-15H,6-7H2,(H,31,36)(H,32,33)(H,30,34,35);3-15H,1-2H3,(H,31,36)(H,32,33)(H,30,34,35). The first-order chi connectivity index (χ1) is 72.6. The summed E-state index contributed by atoms with van der Waals surface area (Å²) >= 11 is 0. The van der Waals surface area contributed by atoms with Gasteiger partial charge in [-0.05, 0) is 116 Å². The summed E-state index contributed by atoms with van der Waals surface area (Å²) in [5.41, 5.74) is 29.7. The van der Waals surface area contributed by atoms with E-state index in [2.05, 4.69) is 142 Å². The number of imidazole rings is 4. The van der Waals surface area contributed by atoms with E-state index < -0.39 is 0 Å². The number of amides is 5. The Morgan fingerprint density at radius 1 is 0.338 bits per heavy atom. The molecule has 0 spiro atoms. The lowest BCUT2D eigenvalue weighted by atomic mass is 10.1. The molecule has 4 aromatic carbocycles. The topological polar surface area (TPSA) is 513 Å². The Kier molecular flexibility index (Phi) is 25.0. The third-order valence-electron chi connectivity index (χ3n) is 25.2. The highest BCUT2D eigenvalue weighted by Gasteiger charge is 2.31. The van der Waals surface area contributed by atoms with E-state index in [0.717, 1.165) is 190 Å². The molecule has 2 fully saturated rings. The second kappa shape index (κ2) is 40.2. The second-order valence-corrected chi connectivity index (χ2v) is 36.3. The molecular weight excluding hydrogens is 1860 g/mol. The summed E-state index contributed by atoms with van der Waals surface area (Å²) in [6.45, 7) is 9.94. The van der Waals surface area contributed by atoms with Crippen LogP contribution >= 0.6 is 0 Å². The number of para-hydroxylation sites is 4. The number of morpholine rings is 1. The number of aromatic nitrogens is 28. The van der Waals surface area contributed by atoms with Gasteiger partial charge < -0.3 is 50.8 Å². The number of nitrogens with one attached hydrogen (secondary N) is 12. The smallest absolute Gasteiger partial charge is 0.322 e. The molecule has 12 N–H and O–H groups in total. The Balaban J connectivity index is 0.000000109. The minimum absolute atomic E-state index is 0.0322. The van der Waals surface area contributed by atoms with Crippen LogP contribution in [0, 0.1) is 17.8 Å². The van der Waals surface area contributed by atoms with Crippen LogP contribution in [0.4, 0.5) is 27.5 Å². The molecule has 24 aromatic rings. The van der Waals surface area contributed by atoms with Crippen molar-refractivity contribution in [2.45, 2.75) is 47.0 Å². The van der Waals surface area contributed by atoms with E-state index in [1.54, 1.807) is 104 Å². The number of carbonyl (C=O) groups is 4. The molecule has 26 rings (SSSR count). The number of H-pyrrole nitrogens is 8. The number of fused-ring (bicyclic) bond motifs is 8. The van der Waals surface area contributed by atoms with Crippen molar-refractivity contribution >= 4 is 135 Å². The van der Waals surface area contributed by atoms with Gasteiger partial charge in [0.25, 0.3) is 0 Å². The Bertz CT molecular complexity index is 8850. The van der Waals surface area contributed by atoms with E-state index in [-0.39, 0.29) is 41.5 Å². The van der Waals surface area contributed by atoms with Crippen molar-refractivity contribution in [2.24, 2.45) is 17.8 Å². The first kappa shape index (κ1) is 91.8. The van der Waals surface area contributed by atoms with Crippen LogP contribution < -0.4 is 21.3 Å². The van der Waals surface area contributed by atoms with Crippen molar-refractivity contribution in [3.63, 3.8) is 0 Å². The number of aromatic amines is 8. The van der Waals surface area contributed by atoms with Gasteiger partial charge in [0.2, 0.25) is 17.7 Å². The van der Waals surface area contributed by atoms with Crippen LogP contribution in [0.5, 0.6) is 0 Å². The maximum Gasteiger partial charge on any atom is 0.322 e. The Hall–Kier alpha value is -19.9. The molecule has 148 heavy (non-hydrogen) atoms. The van der Waals surface area contributed by atoms with Crippen LogP contribution in [-0.4, -0.2) is 195 Å². The molecule has 5 amide bonds. The number of hydrogen-bond acceptors (Lipinski definition) is 25. The van der Waals surface area contributed by atoms with Crippen LogP contribution in [0.2, 0.25) is 0 Å². The average molecular weight is 1950 g/mol. The van der Waals surface area contributed by atoms with Crippen LogP contribution in [0.1, 0.15) is 47.0 Å². The number of urea groups is 1. The SMILES string of the molecule is CC(C)C(=O)Nc1cncc(-c2cnc3n[nH]c(-c4nc5c(-c6cccnc6)cccc5[nH]4)c3c2)c1.CC(C)CC(=O)Nc1cncc(-c2cnc3n[nH]c(-c4nc5c(-c6cccnc6)cccc5[nH]4)c3c2)c1.O=C(Nc1cncc(-c2cnc3n[nH]c(-c4nc5c(-c6cccnc6)cccc5[nH]4)c3c2)c1)C1CC1.O=C(Nc1cncc(-c2cnc3n[nH]c(-c4nc5c(-c6cccnc6)cccc5[nH]4)c3c2)c1)N1CCOCC1. The van der Waals surface area contributed by atoms with Gasteiger partial charge in [-0.15, -0.1) is 0 Å². The molecule has 0 atom stereocenters. The van der Waals surface area contributed by atoms with Crippen molar-refractivity contribution in [3.8, 4) is 135 Å². The number of hydrogen-bond donors (Lipinski definition) is 12. The Morgan fingerprint density at radius 2 is 0.642 bits per heavy atom. The molecule has 0 bridgehead atoms. The van der Waals surface area contributed by atoms with Crippen molar-refractivity contribution in [1.29, 1.82) is 0 Å². The van der Waals surface area contributed by atoms with Crippen LogP contribution in [0.3, 0.4) is 0 Å². The number of pyridine rings is 12. The molecule has 20 aromatic heterocycles. The Morgan fingerprint density at radius 3 is 0.946 bits per heavy atom. The molecule has 2 aliphatic rings. The van der Waals surface area contributed by atoms with E-state index in [0.29, 0.717) is 101 Å². The summed E-state index contributed by atoms with van der Waals surface area (Å²) in [5, 5.41) is 44.9. The van der Waals surface area contributed by atoms with E-state index in [1.165, 1.54) is 0 Å². The molecule has 1 saturated heterocycles. The van der Waals surface area contributed by atoms with Crippen LogP contribution in [0.15, 0.2) is 294 Å². The number of anilines is 4. The maximum absolute atomic E-state index is 12.6. The average Bonchev–Trinajstić information content (AvgIpc) is 1.62. The second-order valence-electron chi connectivity index (χ2n) is 36.3. The van der Waals surface area contributed by atoms with Gasteiger partial charge in [-0.2, -0.15) is 20.4 Å². The summed E-state index contributed by atoms with van der Waals surface area (Å²) in [5.74, 6) is 2.91. The van der Waals surface area contributed by atoms with Crippen molar-refractivity contribution in [3.05, 3.63) is 294 Å². The number of nitrogens with zero attached hydrogens (tertiary/aromatic N) is 21. The minimum atomic E-state index is -0.168. The first-order valence-corrected chi connectivity index (χ1v) is 47.9. The third-order valence-corrected chi connectivity index (χ3v) is 25.2. The van der Waals surface area contributed by atoms with Gasteiger partial charge in [0.15, 0.2) is 45.9 Å². The quantitative estimate of drug-likeness (QED) is 0.0337. The van der Waals surface area contributed by atoms with Crippen molar-refractivity contribution < 1.29 is 23.9 Å². The highest BCUT2D eigenvalue weighted by molar-refractivity contribution is 6.04. The molecule has 38 heteroatoms. The van der Waals surface area contributed by atoms with Crippen LogP contribution in [-0.2, 0) is 19.1 Å². The fourth-order valence-electron chi connectivity index (χ4n) is 17.7. The van der Waals surface area contributed by atoms with Gasteiger partial charge in [-0.1, -0.05) is 100 Å². The minimum Gasteiger partial charge on any atom is -0.378 e. The van der Waals surface area contributed by atoms with Gasteiger partial charge in [0.05, 0.1) is 126 Å². The van der Waals surface area contributed by atoms with Gasteiger partial charge in [-0.3, -0.25) is 74.7 Å². The molecule has 1 aliphatic heterocycles. The molecule has 1 saturated carbocycles. The lowest BCUT2D eigenvalue weighted by molar-refractivity contribution is -0.119. The summed E-state index contributed by atoms with van der Waals surface area (Å²) in [7, 11) is 0. The van der Waals surface area contributed by atoms with Gasteiger partial charge >= 0.3 is 6.03 Å². The van der Waals surface area contributed by atoms with Crippen molar-refractivity contribution in [2.75, 3.05) is 47.6 Å². The molecule has 21 heterocycles. The van der Waals surface area contributed by atoms with E-state index in [1.807, 2.05) is 222 Å². The zero-order valence-electron chi connectivity index (χ0n) is 79.8. The highest BCUT2D eigenvalue weighted by Crippen LogP contribution is 2.41. The van der Waals surface area contributed by atoms with E-state index in [9.17, 15) is 19.2 Å².